The van der Waals surface area contributed by atoms with Crippen LogP contribution in [0.2, 0.25) is 5.02 Å². The number of imidazole rings is 1. The van der Waals surface area contributed by atoms with Crippen LogP contribution in [-0.2, 0) is 33.4 Å². The van der Waals surface area contributed by atoms with Crippen LogP contribution in [0.1, 0.15) is 24.1 Å². The van der Waals surface area contributed by atoms with Gasteiger partial charge in [-0.05, 0) is 37.0 Å². The SMILES string of the molecule is CN(C)S(=O)(=O)n1cnc(CCCCNS(=O)(=O)NCc2ccc(Cl)cc2)c1. The van der Waals surface area contributed by atoms with E-state index in [0.29, 0.717) is 30.0 Å². The molecular weight excluding hydrogens is 426 g/mol. The van der Waals surface area contributed by atoms with Crippen LogP contribution in [0.5, 0.6) is 0 Å². The number of rotatable bonds is 11. The molecular formula is C16H24ClN5O4S2. The van der Waals surface area contributed by atoms with Crippen molar-refractivity contribution in [3.63, 3.8) is 0 Å². The number of benzene rings is 1. The molecule has 0 saturated heterocycles. The first-order chi connectivity index (χ1) is 13.1. The van der Waals surface area contributed by atoms with Crippen LogP contribution in [0.4, 0.5) is 0 Å². The average Bonchev–Trinajstić information content (AvgIpc) is 3.10. The van der Waals surface area contributed by atoms with Crippen LogP contribution in [0.15, 0.2) is 36.8 Å². The van der Waals surface area contributed by atoms with Crippen molar-refractivity contribution in [2.45, 2.75) is 25.8 Å². The van der Waals surface area contributed by atoms with Gasteiger partial charge in [0, 0.05) is 38.4 Å². The Morgan fingerprint density at radius 2 is 1.75 bits per heavy atom. The lowest BCUT2D eigenvalue weighted by molar-refractivity contribution is 0.510. The minimum atomic E-state index is -3.60. The summed E-state index contributed by atoms with van der Waals surface area (Å²) in [6, 6.07) is 6.90. The van der Waals surface area contributed by atoms with Crippen molar-refractivity contribution in [3.05, 3.63) is 53.1 Å². The topological polar surface area (TPSA) is 113 Å². The molecule has 0 spiro atoms. The normalized spacial score (nSPS) is 12.6. The van der Waals surface area contributed by atoms with Crippen LogP contribution < -0.4 is 9.44 Å². The molecule has 1 heterocycles. The number of unbranched alkanes of at least 4 members (excludes halogenated alkanes) is 1. The molecule has 156 valence electrons. The third-order valence-electron chi connectivity index (χ3n) is 3.87. The summed E-state index contributed by atoms with van der Waals surface area (Å²) in [5.74, 6) is 0. The predicted molar refractivity (Wildman–Crippen MR) is 108 cm³/mol. The number of aromatic nitrogens is 2. The summed E-state index contributed by atoms with van der Waals surface area (Å²) in [5.41, 5.74) is 1.44. The number of hydrogen-bond donors (Lipinski definition) is 2. The van der Waals surface area contributed by atoms with E-state index in [4.69, 9.17) is 11.6 Å². The van der Waals surface area contributed by atoms with Crippen LogP contribution in [0.25, 0.3) is 0 Å². The molecule has 0 aliphatic carbocycles. The van der Waals surface area contributed by atoms with Crippen molar-refractivity contribution < 1.29 is 16.8 Å². The first-order valence-corrected chi connectivity index (χ1v) is 11.8. The molecule has 0 aliphatic heterocycles. The zero-order valence-corrected chi connectivity index (χ0v) is 18.1. The van der Waals surface area contributed by atoms with Gasteiger partial charge in [-0.1, -0.05) is 23.7 Å². The number of halogens is 1. The van der Waals surface area contributed by atoms with Gasteiger partial charge >= 0.3 is 10.2 Å². The highest BCUT2D eigenvalue weighted by Gasteiger charge is 2.16. The Labute approximate surface area is 171 Å². The fraction of sp³-hybridized carbons (Fsp3) is 0.438. The molecule has 0 atom stereocenters. The maximum absolute atomic E-state index is 12.0. The smallest absolute Gasteiger partial charge is 0.241 e. The van der Waals surface area contributed by atoms with E-state index in [1.54, 1.807) is 24.3 Å². The molecule has 2 N–H and O–H groups in total. The largest absolute Gasteiger partial charge is 0.308 e. The summed E-state index contributed by atoms with van der Waals surface area (Å²) < 4.78 is 54.9. The van der Waals surface area contributed by atoms with Crippen LogP contribution in [0, 0.1) is 0 Å². The molecule has 0 aliphatic rings. The van der Waals surface area contributed by atoms with Gasteiger partial charge in [0.1, 0.15) is 6.33 Å². The molecule has 0 radical (unpaired) electrons. The molecule has 0 fully saturated rings. The highest BCUT2D eigenvalue weighted by molar-refractivity contribution is 7.87. The van der Waals surface area contributed by atoms with Gasteiger partial charge in [0.25, 0.3) is 10.2 Å². The van der Waals surface area contributed by atoms with Crippen LogP contribution >= 0.6 is 11.6 Å². The molecule has 0 bridgehead atoms. The van der Waals surface area contributed by atoms with Crippen LogP contribution in [0.3, 0.4) is 0 Å². The van der Waals surface area contributed by atoms with Gasteiger partial charge in [-0.2, -0.15) is 25.9 Å². The fourth-order valence-corrected chi connectivity index (χ4v) is 4.05. The lowest BCUT2D eigenvalue weighted by Gasteiger charge is -2.10. The Kier molecular flexibility index (Phi) is 7.98. The molecule has 0 unspecified atom stereocenters. The van der Waals surface area contributed by atoms with Crippen molar-refractivity contribution in [1.82, 2.24) is 22.7 Å². The van der Waals surface area contributed by atoms with Crippen molar-refractivity contribution in [1.29, 1.82) is 0 Å². The van der Waals surface area contributed by atoms with E-state index in [9.17, 15) is 16.8 Å². The van der Waals surface area contributed by atoms with Gasteiger partial charge in [-0.25, -0.2) is 13.7 Å². The van der Waals surface area contributed by atoms with Gasteiger partial charge in [0.15, 0.2) is 0 Å². The Morgan fingerprint density at radius 1 is 1.07 bits per heavy atom. The molecule has 2 rings (SSSR count). The second-order valence-electron chi connectivity index (χ2n) is 6.29. The van der Waals surface area contributed by atoms with Gasteiger partial charge in [-0.15, -0.1) is 0 Å². The quantitative estimate of drug-likeness (QED) is 0.499. The number of aryl methyl sites for hydroxylation is 1. The first kappa shape index (κ1) is 22.8. The van der Waals surface area contributed by atoms with E-state index < -0.39 is 20.4 Å². The molecule has 1 aromatic carbocycles. The first-order valence-electron chi connectivity index (χ1n) is 8.55. The number of nitrogens with zero attached hydrogens (tertiary/aromatic N) is 3. The zero-order chi connectivity index (χ0) is 20.8. The van der Waals surface area contributed by atoms with E-state index >= 15 is 0 Å². The van der Waals surface area contributed by atoms with E-state index in [2.05, 4.69) is 14.4 Å². The highest BCUT2D eigenvalue weighted by atomic mass is 35.5. The standard InChI is InChI=1S/C16H24ClN5O4S2/c1-21(2)28(25,26)22-12-16(18-13-22)5-3-4-10-19-27(23,24)20-11-14-6-8-15(17)9-7-14/h6-9,12-13,19-20H,3-5,10-11H2,1-2H3. The molecule has 12 heteroatoms. The Balaban J connectivity index is 1.71. The van der Waals surface area contributed by atoms with Crippen molar-refractivity contribution in [2.24, 2.45) is 0 Å². The molecule has 9 nitrogen and oxygen atoms in total. The molecule has 0 saturated carbocycles. The number of nitrogens with one attached hydrogen (secondary N) is 2. The fourth-order valence-electron chi connectivity index (χ4n) is 2.26. The van der Waals surface area contributed by atoms with Crippen LogP contribution in [-0.4, -0.2) is 50.7 Å². The molecule has 1 aromatic heterocycles. The minimum absolute atomic E-state index is 0.171. The van der Waals surface area contributed by atoms with E-state index in [0.717, 1.165) is 13.8 Å². The third kappa shape index (κ3) is 6.83. The van der Waals surface area contributed by atoms with Gasteiger partial charge in [0.2, 0.25) is 0 Å². The van der Waals surface area contributed by atoms with Crippen molar-refractivity contribution in [3.8, 4) is 0 Å². The summed E-state index contributed by atoms with van der Waals surface area (Å²) >= 11 is 5.79. The second kappa shape index (κ2) is 9.81. The van der Waals surface area contributed by atoms with Gasteiger partial charge in [0.05, 0.1) is 5.69 Å². The highest BCUT2D eigenvalue weighted by Crippen LogP contribution is 2.09. The molecule has 2 aromatic rings. The minimum Gasteiger partial charge on any atom is -0.241 e. The van der Waals surface area contributed by atoms with Crippen molar-refractivity contribution in [2.75, 3.05) is 20.6 Å². The summed E-state index contributed by atoms with van der Waals surface area (Å²) in [6.45, 7) is 0.441. The van der Waals surface area contributed by atoms with Gasteiger partial charge < -0.3 is 0 Å². The second-order valence-corrected chi connectivity index (χ2v) is 10.4. The maximum atomic E-state index is 12.0. The zero-order valence-electron chi connectivity index (χ0n) is 15.7. The average molecular weight is 450 g/mol. The van der Waals surface area contributed by atoms with E-state index in [1.165, 1.54) is 26.6 Å². The molecule has 28 heavy (non-hydrogen) atoms. The predicted octanol–water partition coefficient (Wildman–Crippen LogP) is 1.14. The van der Waals surface area contributed by atoms with Crippen molar-refractivity contribution >= 4 is 32.0 Å². The summed E-state index contributed by atoms with van der Waals surface area (Å²) in [4.78, 5) is 4.08. The Bertz CT molecular complexity index is 973. The summed E-state index contributed by atoms with van der Waals surface area (Å²) in [5, 5.41) is 0.592. The number of hydrogen-bond acceptors (Lipinski definition) is 5. The monoisotopic (exact) mass is 449 g/mol. The van der Waals surface area contributed by atoms with E-state index in [1.807, 2.05) is 0 Å². The maximum Gasteiger partial charge on any atom is 0.308 e. The lowest BCUT2D eigenvalue weighted by Crippen LogP contribution is -2.36. The van der Waals surface area contributed by atoms with E-state index in [-0.39, 0.29) is 13.1 Å². The molecule has 0 amide bonds. The lowest BCUT2D eigenvalue weighted by atomic mass is 10.2. The van der Waals surface area contributed by atoms with Gasteiger partial charge in [-0.3, -0.25) is 0 Å². The Hall–Kier alpha value is -1.50. The Morgan fingerprint density at radius 3 is 2.39 bits per heavy atom. The summed E-state index contributed by atoms with van der Waals surface area (Å²) in [7, 11) is -4.27. The third-order valence-corrected chi connectivity index (χ3v) is 6.89. The summed E-state index contributed by atoms with van der Waals surface area (Å²) in [6.07, 6.45) is 4.53.